The summed E-state index contributed by atoms with van der Waals surface area (Å²) < 4.78 is 14.9. The summed E-state index contributed by atoms with van der Waals surface area (Å²) in [5, 5.41) is 18.3. The molecule has 2 aliphatic heterocycles. The van der Waals surface area contributed by atoms with Crippen LogP contribution >= 0.6 is 23.2 Å². The number of anilines is 1. The molecule has 10 heteroatoms. The molecule has 0 saturated carbocycles. The van der Waals surface area contributed by atoms with Crippen molar-refractivity contribution in [2.24, 2.45) is 5.41 Å². The monoisotopic (exact) mass is 563 g/mol. The molecule has 4 atom stereocenters. The highest BCUT2D eigenvalue weighted by Crippen LogP contribution is 2.59. The molecule has 4 rings (SSSR count). The molecule has 2 heterocycles. The first-order chi connectivity index (χ1) is 17.4. The summed E-state index contributed by atoms with van der Waals surface area (Å²) in [5.74, 6) is -2.69. The number of aldehydes is 1. The molecule has 204 valence electrons. The van der Waals surface area contributed by atoms with Gasteiger partial charge in [-0.3, -0.25) is 14.4 Å². The summed E-state index contributed by atoms with van der Waals surface area (Å²) in [6, 6.07) is 7.16. The quantitative estimate of drug-likeness (QED) is 0.318. The van der Waals surface area contributed by atoms with Crippen LogP contribution in [0.3, 0.4) is 0 Å². The SMILES string of the molecule is C.CC(C)(C)CC1N(O)C(C(=O)NC/C=C/C=O)C(c2cccc(Cl)c2)C12C(=O)Nc1cc(Cl)c(F)cc12. The summed E-state index contributed by atoms with van der Waals surface area (Å²) in [4.78, 5) is 38.2. The second-order valence-corrected chi connectivity index (χ2v) is 11.4. The Hall–Kier alpha value is -2.78. The zero-order valence-corrected chi connectivity index (χ0v) is 22.1. The van der Waals surface area contributed by atoms with Crippen LogP contribution in [-0.2, 0) is 19.8 Å². The number of halogens is 3. The maximum atomic E-state index is 14.9. The fourth-order valence-corrected chi connectivity index (χ4v) is 5.99. The standard InChI is InChI=1S/C27H28Cl2FN3O4.CH4/c1-26(2,3)14-21-27(17-12-19(30)18(29)13-20(17)32-25(27)36)22(15-7-6-8-16(28)11-15)23(33(21)37)24(35)31-9-4-5-10-34;/h4-8,10-13,21-23,37H,9,14H2,1-3H3,(H,31,35)(H,32,36);1H4/b5-4+;. The van der Waals surface area contributed by atoms with Crippen molar-refractivity contribution in [3.05, 3.63) is 75.5 Å². The van der Waals surface area contributed by atoms with Gasteiger partial charge in [0.2, 0.25) is 11.8 Å². The minimum Gasteiger partial charge on any atom is -0.351 e. The van der Waals surface area contributed by atoms with Gasteiger partial charge in [-0.1, -0.05) is 69.6 Å². The molecule has 2 aliphatic rings. The Morgan fingerprint density at radius 1 is 1.26 bits per heavy atom. The summed E-state index contributed by atoms with van der Waals surface area (Å²) in [5.41, 5.74) is -0.762. The van der Waals surface area contributed by atoms with Crippen LogP contribution < -0.4 is 10.6 Å². The molecule has 38 heavy (non-hydrogen) atoms. The number of carbonyl (C=O) groups is 3. The van der Waals surface area contributed by atoms with E-state index in [9.17, 15) is 24.0 Å². The largest absolute Gasteiger partial charge is 0.351 e. The normalized spacial score (nSPS) is 24.8. The lowest BCUT2D eigenvalue weighted by Gasteiger charge is -2.38. The summed E-state index contributed by atoms with van der Waals surface area (Å²) >= 11 is 12.4. The number of nitrogens with zero attached hydrogens (tertiary/aromatic N) is 1. The lowest BCUT2D eigenvalue weighted by atomic mass is 9.62. The number of rotatable bonds is 6. The molecular weight excluding hydrogens is 532 g/mol. The van der Waals surface area contributed by atoms with Gasteiger partial charge < -0.3 is 15.8 Å². The van der Waals surface area contributed by atoms with Crippen molar-refractivity contribution in [3.8, 4) is 0 Å². The third kappa shape index (κ3) is 5.10. The lowest BCUT2D eigenvalue weighted by Crippen LogP contribution is -2.50. The fraction of sp³-hybridized carbons (Fsp3) is 0.393. The van der Waals surface area contributed by atoms with Gasteiger partial charge in [-0.05, 0) is 53.3 Å². The Labute approximate surface area is 231 Å². The number of fused-ring (bicyclic) bond motifs is 2. The second-order valence-electron chi connectivity index (χ2n) is 10.6. The van der Waals surface area contributed by atoms with Gasteiger partial charge in [0.25, 0.3) is 0 Å². The van der Waals surface area contributed by atoms with Gasteiger partial charge in [0, 0.05) is 23.2 Å². The number of hydrogen-bond acceptors (Lipinski definition) is 5. The number of nitrogens with one attached hydrogen (secondary N) is 2. The third-order valence-electron chi connectivity index (χ3n) is 6.96. The van der Waals surface area contributed by atoms with Crippen LogP contribution in [0.15, 0.2) is 48.6 Å². The van der Waals surface area contributed by atoms with E-state index in [1.165, 1.54) is 24.3 Å². The van der Waals surface area contributed by atoms with E-state index in [1.54, 1.807) is 24.3 Å². The van der Waals surface area contributed by atoms with E-state index in [2.05, 4.69) is 10.6 Å². The fourth-order valence-electron chi connectivity index (χ4n) is 5.63. The zero-order chi connectivity index (χ0) is 27.1. The molecule has 0 aromatic heterocycles. The van der Waals surface area contributed by atoms with Crippen molar-refractivity contribution in [1.82, 2.24) is 10.4 Å². The predicted molar refractivity (Wildman–Crippen MR) is 146 cm³/mol. The Morgan fingerprint density at radius 3 is 2.61 bits per heavy atom. The molecule has 2 amide bonds. The Balaban J connectivity index is 0.00000400. The van der Waals surface area contributed by atoms with Crippen molar-refractivity contribution < 1.29 is 24.0 Å². The smallest absolute Gasteiger partial charge is 0.240 e. The summed E-state index contributed by atoms with van der Waals surface area (Å²) in [6.45, 7) is 5.90. The predicted octanol–water partition coefficient (Wildman–Crippen LogP) is 5.49. The van der Waals surface area contributed by atoms with Crippen LogP contribution in [0.2, 0.25) is 10.0 Å². The Kier molecular flexibility index (Phi) is 8.73. The molecule has 1 saturated heterocycles. The van der Waals surface area contributed by atoms with Gasteiger partial charge in [0.1, 0.15) is 23.6 Å². The first-order valence-electron chi connectivity index (χ1n) is 11.8. The van der Waals surface area contributed by atoms with Gasteiger partial charge in [0.15, 0.2) is 0 Å². The summed E-state index contributed by atoms with van der Waals surface area (Å²) in [6.07, 6.45) is 3.60. The molecule has 3 N–H and O–H groups in total. The Bertz CT molecular complexity index is 1280. The molecule has 0 aliphatic carbocycles. The Morgan fingerprint density at radius 2 is 1.97 bits per heavy atom. The van der Waals surface area contributed by atoms with Gasteiger partial charge in [-0.2, -0.15) is 5.06 Å². The van der Waals surface area contributed by atoms with Crippen LogP contribution in [0.5, 0.6) is 0 Å². The lowest BCUT2D eigenvalue weighted by molar-refractivity contribution is -0.164. The highest BCUT2D eigenvalue weighted by atomic mass is 35.5. The first-order valence-corrected chi connectivity index (χ1v) is 12.6. The van der Waals surface area contributed by atoms with E-state index in [-0.39, 0.29) is 24.4 Å². The highest BCUT2D eigenvalue weighted by Gasteiger charge is 2.69. The van der Waals surface area contributed by atoms with Crippen molar-refractivity contribution in [1.29, 1.82) is 0 Å². The maximum Gasteiger partial charge on any atom is 0.240 e. The van der Waals surface area contributed by atoms with E-state index in [0.717, 1.165) is 5.06 Å². The zero-order valence-electron chi connectivity index (χ0n) is 20.6. The first kappa shape index (κ1) is 29.8. The van der Waals surface area contributed by atoms with Crippen LogP contribution in [0, 0.1) is 11.2 Å². The minimum atomic E-state index is -1.55. The average molecular weight is 564 g/mol. The van der Waals surface area contributed by atoms with E-state index >= 15 is 0 Å². The minimum absolute atomic E-state index is 0. The van der Waals surface area contributed by atoms with Crippen LogP contribution in [-0.4, -0.2) is 47.0 Å². The van der Waals surface area contributed by atoms with Crippen LogP contribution in [0.4, 0.5) is 10.1 Å². The van der Waals surface area contributed by atoms with E-state index < -0.39 is 41.0 Å². The molecule has 0 bridgehead atoms. The number of benzene rings is 2. The number of hydrogen-bond donors (Lipinski definition) is 3. The van der Waals surface area contributed by atoms with E-state index in [1.807, 2.05) is 20.8 Å². The van der Waals surface area contributed by atoms with Crippen molar-refractivity contribution in [3.63, 3.8) is 0 Å². The second kappa shape index (κ2) is 11.1. The van der Waals surface area contributed by atoms with E-state index in [0.29, 0.717) is 34.5 Å². The van der Waals surface area contributed by atoms with Gasteiger partial charge in [-0.15, -0.1) is 0 Å². The van der Waals surface area contributed by atoms with Gasteiger partial charge >= 0.3 is 0 Å². The van der Waals surface area contributed by atoms with E-state index in [4.69, 9.17) is 23.2 Å². The number of hydroxylamine groups is 2. The third-order valence-corrected chi connectivity index (χ3v) is 7.48. The van der Waals surface area contributed by atoms with Gasteiger partial charge in [-0.25, -0.2) is 4.39 Å². The topological polar surface area (TPSA) is 98.7 Å². The number of allylic oxidation sites excluding steroid dienone is 1. The van der Waals surface area contributed by atoms with Crippen LogP contribution in [0.25, 0.3) is 0 Å². The molecule has 2 aromatic carbocycles. The summed E-state index contributed by atoms with van der Waals surface area (Å²) in [7, 11) is 0. The maximum absolute atomic E-state index is 14.9. The number of amides is 2. The van der Waals surface area contributed by atoms with Crippen molar-refractivity contribution in [2.75, 3.05) is 11.9 Å². The highest BCUT2D eigenvalue weighted by molar-refractivity contribution is 6.31. The molecule has 1 fully saturated rings. The molecule has 4 unspecified atom stereocenters. The molecule has 1 spiro atoms. The molecule has 0 radical (unpaired) electrons. The molecular formula is C28H32Cl2FN3O4. The molecule has 7 nitrogen and oxygen atoms in total. The van der Waals surface area contributed by atoms with Crippen LogP contribution in [0.1, 0.15) is 51.7 Å². The van der Waals surface area contributed by atoms with Crippen molar-refractivity contribution >= 4 is 47.0 Å². The number of carbonyl (C=O) groups excluding carboxylic acids is 3. The van der Waals surface area contributed by atoms with Crippen molar-refractivity contribution in [2.45, 2.75) is 58.0 Å². The average Bonchev–Trinajstić information content (AvgIpc) is 3.22. The molecule has 2 aromatic rings. The van der Waals surface area contributed by atoms with Gasteiger partial charge in [0.05, 0.1) is 11.1 Å².